The van der Waals surface area contributed by atoms with Gasteiger partial charge in [-0.3, -0.25) is 4.90 Å². The molecule has 1 fully saturated rings. The summed E-state index contributed by atoms with van der Waals surface area (Å²) < 4.78 is 14.0. The fourth-order valence-corrected chi connectivity index (χ4v) is 2.98. The maximum absolute atomic E-state index is 14.0. The number of hydrogen-bond donors (Lipinski definition) is 2. The summed E-state index contributed by atoms with van der Waals surface area (Å²) in [6.07, 6.45) is 2.25. The molecule has 1 aromatic carbocycles. The lowest BCUT2D eigenvalue weighted by Crippen LogP contribution is -2.45. The third-order valence-electron chi connectivity index (χ3n) is 4.29. The van der Waals surface area contributed by atoms with Gasteiger partial charge in [-0.25, -0.2) is 4.39 Å². The summed E-state index contributed by atoms with van der Waals surface area (Å²) in [7, 11) is 0. The molecule has 1 heterocycles. The van der Waals surface area contributed by atoms with Crippen LogP contribution < -0.4 is 5.73 Å². The average molecular weight is 266 g/mol. The number of nitrogens with zero attached hydrogens (tertiary/aromatic N) is 1. The van der Waals surface area contributed by atoms with Crippen molar-refractivity contribution in [1.29, 1.82) is 0 Å². The van der Waals surface area contributed by atoms with Crippen molar-refractivity contribution in [3.05, 3.63) is 29.6 Å². The van der Waals surface area contributed by atoms with Gasteiger partial charge in [-0.2, -0.15) is 0 Å². The van der Waals surface area contributed by atoms with Crippen molar-refractivity contribution in [2.75, 3.05) is 13.1 Å². The fraction of sp³-hybridized carbons (Fsp3) is 0.600. The van der Waals surface area contributed by atoms with Crippen molar-refractivity contribution < 1.29 is 9.50 Å². The molecular weight excluding hydrogens is 243 g/mol. The summed E-state index contributed by atoms with van der Waals surface area (Å²) in [6, 6.07) is 4.84. The van der Waals surface area contributed by atoms with Crippen molar-refractivity contribution in [3.8, 4) is 5.75 Å². The smallest absolute Gasteiger partial charge is 0.131 e. The zero-order chi connectivity index (χ0) is 14.0. The van der Waals surface area contributed by atoms with Gasteiger partial charge in [0.25, 0.3) is 0 Å². The number of nitrogens with two attached hydrogens (primary N) is 1. The van der Waals surface area contributed by atoms with Crippen LogP contribution in [-0.4, -0.2) is 29.1 Å². The molecule has 4 heteroatoms. The number of piperidine rings is 1. The fourth-order valence-electron chi connectivity index (χ4n) is 2.98. The number of aromatic hydroxyl groups is 1. The molecule has 0 amide bonds. The first kappa shape index (κ1) is 14.3. The highest BCUT2D eigenvalue weighted by Gasteiger charge is 2.29. The maximum atomic E-state index is 14.0. The monoisotopic (exact) mass is 266 g/mol. The topological polar surface area (TPSA) is 49.5 Å². The van der Waals surface area contributed by atoms with E-state index in [2.05, 4.69) is 11.8 Å². The van der Waals surface area contributed by atoms with Crippen LogP contribution in [-0.2, 0) is 0 Å². The Kier molecular flexibility index (Phi) is 4.42. The molecular formula is C15H23FN2O. The predicted molar refractivity (Wildman–Crippen MR) is 74.4 cm³/mol. The van der Waals surface area contributed by atoms with Crippen molar-refractivity contribution in [1.82, 2.24) is 4.90 Å². The van der Waals surface area contributed by atoms with E-state index in [0.29, 0.717) is 24.1 Å². The molecule has 0 aromatic heterocycles. The molecule has 3 atom stereocenters. The number of benzene rings is 1. The summed E-state index contributed by atoms with van der Waals surface area (Å²) in [5.74, 6) is 0.133. The minimum atomic E-state index is -0.338. The molecule has 1 aliphatic heterocycles. The van der Waals surface area contributed by atoms with Gasteiger partial charge in [0.2, 0.25) is 0 Å². The van der Waals surface area contributed by atoms with Gasteiger partial charge in [0.1, 0.15) is 11.6 Å². The molecule has 1 saturated heterocycles. The standard InChI is InChI=1S/C15H23FN2O/c1-10-3-4-12(8-17)9-18(10)11(2)14-6-5-13(19)7-15(14)16/h5-7,10-12,19H,3-4,8-9,17H2,1-2H3. The molecule has 106 valence electrons. The van der Waals surface area contributed by atoms with Crippen LogP contribution in [0.3, 0.4) is 0 Å². The van der Waals surface area contributed by atoms with Crippen molar-refractivity contribution in [2.45, 2.75) is 38.8 Å². The molecule has 3 unspecified atom stereocenters. The van der Waals surface area contributed by atoms with Crippen LogP contribution in [0.4, 0.5) is 4.39 Å². The van der Waals surface area contributed by atoms with Crippen LogP contribution in [0.5, 0.6) is 5.75 Å². The second kappa shape index (κ2) is 5.88. The van der Waals surface area contributed by atoms with Crippen molar-refractivity contribution >= 4 is 0 Å². The first-order valence-electron chi connectivity index (χ1n) is 6.97. The first-order chi connectivity index (χ1) is 9.02. The Bertz CT molecular complexity index is 438. The van der Waals surface area contributed by atoms with Gasteiger partial charge in [-0.15, -0.1) is 0 Å². The quantitative estimate of drug-likeness (QED) is 0.884. The molecule has 0 saturated carbocycles. The van der Waals surface area contributed by atoms with Crippen LogP contribution in [0.15, 0.2) is 18.2 Å². The van der Waals surface area contributed by atoms with E-state index in [-0.39, 0.29) is 17.6 Å². The number of phenols is 1. The molecule has 3 nitrogen and oxygen atoms in total. The van der Waals surface area contributed by atoms with E-state index in [1.54, 1.807) is 12.1 Å². The highest BCUT2D eigenvalue weighted by molar-refractivity contribution is 5.29. The summed E-state index contributed by atoms with van der Waals surface area (Å²) >= 11 is 0. The van der Waals surface area contributed by atoms with E-state index in [1.807, 2.05) is 6.92 Å². The van der Waals surface area contributed by atoms with Crippen LogP contribution >= 0.6 is 0 Å². The number of phenolic OH excluding ortho intramolecular Hbond substituents is 1. The molecule has 19 heavy (non-hydrogen) atoms. The highest BCUT2D eigenvalue weighted by Crippen LogP contribution is 2.32. The van der Waals surface area contributed by atoms with Crippen molar-refractivity contribution in [3.63, 3.8) is 0 Å². The molecule has 0 spiro atoms. The van der Waals surface area contributed by atoms with E-state index in [0.717, 1.165) is 19.4 Å². The van der Waals surface area contributed by atoms with Crippen LogP contribution in [0.2, 0.25) is 0 Å². The minimum Gasteiger partial charge on any atom is -0.508 e. The van der Waals surface area contributed by atoms with Gasteiger partial charge in [-0.1, -0.05) is 6.07 Å². The Hall–Kier alpha value is -1.13. The predicted octanol–water partition coefficient (Wildman–Crippen LogP) is 2.65. The minimum absolute atomic E-state index is 0.00458. The van der Waals surface area contributed by atoms with Gasteiger partial charge in [-0.05, 0) is 45.2 Å². The molecule has 1 aromatic rings. The number of hydrogen-bond acceptors (Lipinski definition) is 3. The van der Waals surface area contributed by atoms with E-state index >= 15 is 0 Å². The van der Waals surface area contributed by atoms with Crippen LogP contribution in [0.25, 0.3) is 0 Å². The van der Waals surface area contributed by atoms with Crippen LogP contribution in [0, 0.1) is 11.7 Å². The number of likely N-dealkylation sites (tertiary alicyclic amines) is 1. The molecule has 0 aliphatic carbocycles. The Labute approximate surface area is 114 Å². The Morgan fingerprint density at radius 1 is 1.47 bits per heavy atom. The molecule has 0 radical (unpaired) electrons. The van der Waals surface area contributed by atoms with E-state index in [9.17, 15) is 9.50 Å². The molecule has 3 N–H and O–H groups in total. The third-order valence-corrected chi connectivity index (χ3v) is 4.29. The van der Waals surface area contributed by atoms with Crippen molar-refractivity contribution in [2.24, 2.45) is 11.7 Å². The maximum Gasteiger partial charge on any atom is 0.131 e. The Balaban J connectivity index is 2.19. The van der Waals surface area contributed by atoms with Crippen LogP contribution in [0.1, 0.15) is 38.3 Å². The lowest BCUT2D eigenvalue weighted by molar-refractivity contribution is 0.0796. The second-order valence-corrected chi connectivity index (χ2v) is 5.61. The van der Waals surface area contributed by atoms with Gasteiger partial charge in [0, 0.05) is 30.3 Å². The lowest BCUT2D eigenvalue weighted by atomic mass is 9.91. The van der Waals surface area contributed by atoms with Gasteiger partial charge >= 0.3 is 0 Å². The summed E-state index contributed by atoms with van der Waals surface area (Å²) in [5.41, 5.74) is 6.41. The van der Waals surface area contributed by atoms with E-state index in [1.165, 1.54) is 6.07 Å². The molecule has 1 aliphatic rings. The molecule has 2 rings (SSSR count). The summed E-state index contributed by atoms with van der Waals surface area (Å²) in [5, 5.41) is 9.29. The summed E-state index contributed by atoms with van der Waals surface area (Å²) in [6.45, 7) is 5.81. The number of rotatable bonds is 3. The Morgan fingerprint density at radius 2 is 2.21 bits per heavy atom. The van der Waals surface area contributed by atoms with E-state index in [4.69, 9.17) is 5.73 Å². The molecule has 0 bridgehead atoms. The number of halogens is 1. The largest absolute Gasteiger partial charge is 0.508 e. The zero-order valence-electron chi connectivity index (χ0n) is 11.6. The zero-order valence-corrected chi connectivity index (χ0v) is 11.6. The van der Waals surface area contributed by atoms with Gasteiger partial charge in [0.05, 0.1) is 0 Å². The average Bonchev–Trinajstić information content (AvgIpc) is 2.38. The van der Waals surface area contributed by atoms with Gasteiger partial charge < -0.3 is 10.8 Å². The second-order valence-electron chi connectivity index (χ2n) is 5.61. The SMILES string of the molecule is CC1CCC(CN)CN1C(C)c1ccc(O)cc1F. The normalized spacial score (nSPS) is 26.3. The van der Waals surface area contributed by atoms with Gasteiger partial charge in [0.15, 0.2) is 0 Å². The van der Waals surface area contributed by atoms with E-state index < -0.39 is 0 Å². The third kappa shape index (κ3) is 3.07. The first-order valence-corrected chi connectivity index (χ1v) is 6.97. The lowest BCUT2D eigenvalue weighted by Gasteiger charge is -2.41. The summed E-state index contributed by atoms with van der Waals surface area (Å²) in [4.78, 5) is 2.32. The Morgan fingerprint density at radius 3 is 2.84 bits per heavy atom. The highest BCUT2D eigenvalue weighted by atomic mass is 19.1.